The lowest BCUT2D eigenvalue weighted by Crippen LogP contribution is -2.36. The van der Waals surface area contributed by atoms with Crippen molar-refractivity contribution in [1.82, 2.24) is 0 Å². The number of ketones is 1. The Morgan fingerprint density at radius 2 is 1.76 bits per heavy atom. The van der Waals surface area contributed by atoms with E-state index >= 15 is 0 Å². The molecule has 1 fully saturated rings. The fourth-order valence-electron chi connectivity index (χ4n) is 3.91. The Balaban J connectivity index is 2.27. The molecule has 1 atom stereocenters. The van der Waals surface area contributed by atoms with Crippen molar-refractivity contribution >= 4 is 17.5 Å². The SMILES string of the molecule is CCC(=O)C(C(=N)CC(=O)OCCCCC1CCCCC1)C(C)(C)C. The first-order chi connectivity index (χ1) is 11.8. The van der Waals surface area contributed by atoms with Crippen LogP contribution in [0.2, 0.25) is 0 Å². The van der Waals surface area contributed by atoms with E-state index in [0.717, 1.165) is 18.8 Å². The number of hydrogen-bond acceptors (Lipinski definition) is 4. The number of esters is 1. The van der Waals surface area contributed by atoms with Gasteiger partial charge >= 0.3 is 5.97 Å². The van der Waals surface area contributed by atoms with Gasteiger partial charge in [0, 0.05) is 12.1 Å². The van der Waals surface area contributed by atoms with Gasteiger partial charge in [-0.2, -0.15) is 0 Å². The minimum atomic E-state index is -0.503. The van der Waals surface area contributed by atoms with Crippen LogP contribution in [0.4, 0.5) is 0 Å². The quantitative estimate of drug-likeness (QED) is 0.328. The first-order valence-corrected chi connectivity index (χ1v) is 10.0. The number of carbonyl (C=O) groups is 2. The highest BCUT2D eigenvalue weighted by Gasteiger charge is 2.34. The van der Waals surface area contributed by atoms with Crippen LogP contribution in [-0.4, -0.2) is 24.1 Å². The summed E-state index contributed by atoms with van der Waals surface area (Å²) >= 11 is 0. The predicted molar refractivity (Wildman–Crippen MR) is 102 cm³/mol. The van der Waals surface area contributed by atoms with Crippen molar-refractivity contribution in [3.05, 3.63) is 0 Å². The van der Waals surface area contributed by atoms with Crippen LogP contribution in [0, 0.1) is 22.7 Å². The van der Waals surface area contributed by atoms with Gasteiger partial charge in [0.15, 0.2) is 0 Å². The van der Waals surface area contributed by atoms with Gasteiger partial charge in [-0.3, -0.25) is 9.59 Å². The fraction of sp³-hybridized carbons (Fsp3) is 0.857. The van der Waals surface area contributed by atoms with Crippen LogP contribution in [-0.2, 0) is 14.3 Å². The molecular weight excluding hydrogens is 314 g/mol. The maximum Gasteiger partial charge on any atom is 0.311 e. The van der Waals surface area contributed by atoms with Gasteiger partial charge in [-0.15, -0.1) is 0 Å². The van der Waals surface area contributed by atoms with Gasteiger partial charge < -0.3 is 10.1 Å². The number of carbonyl (C=O) groups excluding carboxylic acids is 2. The summed E-state index contributed by atoms with van der Waals surface area (Å²) in [6.45, 7) is 8.06. The molecule has 144 valence electrons. The van der Waals surface area contributed by atoms with Crippen LogP contribution in [0.15, 0.2) is 0 Å². The molecule has 4 heteroatoms. The van der Waals surface area contributed by atoms with Crippen molar-refractivity contribution in [3.8, 4) is 0 Å². The van der Waals surface area contributed by atoms with Gasteiger partial charge in [0.1, 0.15) is 5.78 Å². The Morgan fingerprint density at radius 1 is 1.12 bits per heavy atom. The van der Waals surface area contributed by atoms with E-state index in [1.165, 1.54) is 38.5 Å². The summed E-state index contributed by atoms with van der Waals surface area (Å²) in [5.41, 5.74) is -0.156. The number of hydrogen-bond donors (Lipinski definition) is 1. The van der Waals surface area contributed by atoms with E-state index in [9.17, 15) is 9.59 Å². The third kappa shape index (κ3) is 8.15. The number of nitrogens with one attached hydrogen (secondary N) is 1. The smallest absolute Gasteiger partial charge is 0.311 e. The summed E-state index contributed by atoms with van der Waals surface area (Å²) in [4.78, 5) is 24.1. The first-order valence-electron chi connectivity index (χ1n) is 10.0. The van der Waals surface area contributed by atoms with Crippen LogP contribution in [0.1, 0.15) is 91.9 Å². The van der Waals surface area contributed by atoms with E-state index in [4.69, 9.17) is 10.1 Å². The summed E-state index contributed by atoms with van der Waals surface area (Å²) in [6.07, 6.45) is 10.4. The van der Waals surface area contributed by atoms with Crippen LogP contribution in [0.25, 0.3) is 0 Å². The molecule has 0 bridgehead atoms. The average molecular weight is 352 g/mol. The topological polar surface area (TPSA) is 67.2 Å². The zero-order valence-electron chi connectivity index (χ0n) is 16.7. The normalized spacial score (nSPS) is 17.1. The first kappa shape index (κ1) is 21.9. The molecule has 0 aromatic carbocycles. The number of rotatable bonds is 10. The van der Waals surface area contributed by atoms with Crippen molar-refractivity contribution in [2.45, 2.75) is 91.9 Å². The molecule has 1 rings (SSSR count). The molecule has 1 aliphatic carbocycles. The Hall–Kier alpha value is -1.19. The van der Waals surface area contributed by atoms with Gasteiger partial charge in [0.05, 0.1) is 18.9 Å². The molecular formula is C21H37NO3. The maximum absolute atomic E-state index is 12.1. The number of ether oxygens (including phenoxy) is 1. The van der Waals surface area contributed by atoms with Crippen molar-refractivity contribution < 1.29 is 14.3 Å². The van der Waals surface area contributed by atoms with Gasteiger partial charge in [-0.25, -0.2) is 0 Å². The van der Waals surface area contributed by atoms with Gasteiger partial charge in [0.25, 0.3) is 0 Å². The highest BCUT2D eigenvalue weighted by Crippen LogP contribution is 2.30. The molecule has 1 unspecified atom stereocenters. The maximum atomic E-state index is 12.1. The Morgan fingerprint density at radius 3 is 2.32 bits per heavy atom. The summed E-state index contributed by atoms with van der Waals surface area (Å²) in [7, 11) is 0. The van der Waals surface area contributed by atoms with E-state index in [1.54, 1.807) is 6.92 Å². The molecule has 1 N–H and O–H groups in total. The zero-order valence-corrected chi connectivity index (χ0v) is 16.7. The second-order valence-electron chi connectivity index (χ2n) is 8.54. The molecule has 25 heavy (non-hydrogen) atoms. The summed E-state index contributed by atoms with van der Waals surface area (Å²) in [6, 6.07) is 0. The number of unbranched alkanes of at least 4 members (excludes halogenated alkanes) is 1. The summed E-state index contributed by atoms with van der Waals surface area (Å²) < 4.78 is 5.29. The van der Waals surface area contributed by atoms with Gasteiger partial charge in [0.2, 0.25) is 0 Å². The van der Waals surface area contributed by atoms with E-state index in [1.807, 2.05) is 20.8 Å². The third-order valence-electron chi connectivity index (χ3n) is 5.21. The minimum Gasteiger partial charge on any atom is -0.465 e. The zero-order chi connectivity index (χ0) is 18.9. The minimum absolute atomic E-state index is 0.0257. The molecule has 1 aliphatic rings. The lowest BCUT2D eigenvalue weighted by Gasteiger charge is -2.29. The second kappa shape index (κ2) is 10.7. The molecule has 0 aromatic rings. The summed E-state index contributed by atoms with van der Waals surface area (Å²) in [5.74, 6) is 0.0141. The fourth-order valence-corrected chi connectivity index (χ4v) is 3.91. The third-order valence-corrected chi connectivity index (χ3v) is 5.21. The highest BCUT2D eigenvalue weighted by molar-refractivity contribution is 6.09. The molecule has 0 saturated heterocycles. The van der Waals surface area contributed by atoms with E-state index < -0.39 is 5.92 Å². The van der Waals surface area contributed by atoms with Crippen LogP contribution in [0.3, 0.4) is 0 Å². The molecule has 1 saturated carbocycles. The largest absolute Gasteiger partial charge is 0.465 e. The van der Waals surface area contributed by atoms with Gasteiger partial charge in [-0.1, -0.05) is 66.2 Å². The van der Waals surface area contributed by atoms with Crippen LogP contribution < -0.4 is 0 Å². The van der Waals surface area contributed by atoms with E-state index in [0.29, 0.717) is 13.0 Å². The van der Waals surface area contributed by atoms with Crippen LogP contribution >= 0.6 is 0 Å². The van der Waals surface area contributed by atoms with Crippen molar-refractivity contribution in [2.75, 3.05) is 6.61 Å². The van der Waals surface area contributed by atoms with E-state index in [2.05, 4.69) is 0 Å². The molecule has 0 aromatic heterocycles. The van der Waals surface area contributed by atoms with E-state index in [-0.39, 0.29) is 29.3 Å². The monoisotopic (exact) mass is 351 g/mol. The predicted octanol–water partition coefficient (Wildman–Crippen LogP) is 5.33. The molecule has 0 heterocycles. The molecule has 0 aliphatic heterocycles. The Bertz CT molecular complexity index is 445. The number of Topliss-reactive ketones (excluding diaryl/α,β-unsaturated/α-hetero) is 1. The summed E-state index contributed by atoms with van der Waals surface area (Å²) in [5, 5.41) is 8.19. The Kier molecular flexibility index (Phi) is 9.37. The van der Waals surface area contributed by atoms with Crippen molar-refractivity contribution in [2.24, 2.45) is 17.3 Å². The van der Waals surface area contributed by atoms with Crippen LogP contribution in [0.5, 0.6) is 0 Å². The molecule has 0 spiro atoms. The standard InChI is InChI=1S/C21H37NO3/c1-5-18(23)20(21(2,3)4)17(22)15-19(24)25-14-10-9-13-16-11-7-6-8-12-16/h16,20,22H,5-15H2,1-4H3. The molecule has 4 nitrogen and oxygen atoms in total. The average Bonchev–Trinajstić information content (AvgIpc) is 2.54. The molecule has 0 amide bonds. The van der Waals surface area contributed by atoms with Gasteiger partial charge in [-0.05, 0) is 24.2 Å². The van der Waals surface area contributed by atoms with Crippen molar-refractivity contribution in [3.63, 3.8) is 0 Å². The lowest BCUT2D eigenvalue weighted by atomic mass is 9.74. The second-order valence-corrected chi connectivity index (χ2v) is 8.54. The lowest BCUT2D eigenvalue weighted by molar-refractivity contribution is -0.142. The molecule has 0 radical (unpaired) electrons. The van der Waals surface area contributed by atoms with Crippen molar-refractivity contribution in [1.29, 1.82) is 5.41 Å². The highest BCUT2D eigenvalue weighted by atomic mass is 16.5. The Labute approximate surface area is 153 Å².